The SMILES string of the molecule is Cc1nc(C2COCCN2C(=O)C2CCOCC2)cs1. The molecule has 0 bridgehead atoms. The van der Waals surface area contributed by atoms with E-state index in [1.165, 1.54) is 0 Å². The van der Waals surface area contributed by atoms with Gasteiger partial charge in [0.05, 0.1) is 30.0 Å². The summed E-state index contributed by atoms with van der Waals surface area (Å²) in [5.41, 5.74) is 0.965. The minimum atomic E-state index is -0.0240. The molecule has 20 heavy (non-hydrogen) atoms. The summed E-state index contributed by atoms with van der Waals surface area (Å²) in [6.45, 7) is 5.22. The Balaban J connectivity index is 1.76. The number of ether oxygens (including phenoxy) is 2. The minimum absolute atomic E-state index is 0.0240. The molecule has 1 aromatic rings. The van der Waals surface area contributed by atoms with Crippen LogP contribution in [0.4, 0.5) is 0 Å². The zero-order chi connectivity index (χ0) is 13.9. The first-order chi connectivity index (χ1) is 9.75. The van der Waals surface area contributed by atoms with Crippen molar-refractivity contribution >= 4 is 17.2 Å². The Morgan fingerprint density at radius 3 is 2.85 bits per heavy atom. The van der Waals surface area contributed by atoms with E-state index in [2.05, 4.69) is 4.98 Å². The molecule has 110 valence electrons. The van der Waals surface area contributed by atoms with Crippen molar-refractivity contribution in [2.24, 2.45) is 5.92 Å². The highest BCUT2D eigenvalue weighted by atomic mass is 32.1. The fourth-order valence-corrected chi connectivity index (χ4v) is 3.48. The lowest BCUT2D eigenvalue weighted by atomic mass is 9.97. The quantitative estimate of drug-likeness (QED) is 0.835. The van der Waals surface area contributed by atoms with Crippen molar-refractivity contribution in [3.05, 3.63) is 16.1 Å². The topological polar surface area (TPSA) is 51.7 Å². The van der Waals surface area contributed by atoms with Crippen LogP contribution in [0.3, 0.4) is 0 Å². The van der Waals surface area contributed by atoms with E-state index in [4.69, 9.17) is 9.47 Å². The molecule has 3 rings (SSSR count). The molecule has 0 saturated carbocycles. The number of aromatic nitrogens is 1. The van der Waals surface area contributed by atoms with Gasteiger partial charge in [0, 0.05) is 31.1 Å². The third kappa shape index (κ3) is 2.87. The molecule has 0 spiro atoms. The molecule has 1 amide bonds. The van der Waals surface area contributed by atoms with Crippen LogP contribution >= 0.6 is 11.3 Å². The van der Waals surface area contributed by atoms with Crippen molar-refractivity contribution in [3.8, 4) is 0 Å². The number of aryl methyl sites for hydroxylation is 1. The Bertz CT molecular complexity index is 471. The Morgan fingerprint density at radius 1 is 1.35 bits per heavy atom. The monoisotopic (exact) mass is 296 g/mol. The van der Waals surface area contributed by atoms with Crippen LogP contribution in [0.2, 0.25) is 0 Å². The molecule has 6 heteroatoms. The summed E-state index contributed by atoms with van der Waals surface area (Å²) in [5, 5.41) is 3.07. The molecule has 1 unspecified atom stereocenters. The summed E-state index contributed by atoms with van der Waals surface area (Å²) in [6.07, 6.45) is 1.66. The molecule has 2 aliphatic heterocycles. The number of hydrogen-bond donors (Lipinski definition) is 0. The van der Waals surface area contributed by atoms with E-state index in [1.54, 1.807) is 11.3 Å². The van der Waals surface area contributed by atoms with E-state index >= 15 is 0 Å². The van der Waals surface area contributed by atoms with Crippen LogP contribution in [0.15, 0.2) is 5.38 Å². The lowest BCUT2D eigenvalue weighted by Gasteiger charge is -2.37. The molecular weight excluding hydrogens is 276 g/mol. The van der Waals surface area contributed by atoms with Gasteiger partial charge in [-0.25, -0.2) is 4.98 Å². The van der Waals surface area contributed by atoms with Crippen LogP contribution in [-0.4, -0.2) is 48.8 Å². The van der Waals surface area contributed by atoms with E-state index in [9.17, 15) is 4.79 Å². The third-order valence-corrected chi connectivity index (χ3v) is 4.75. The summed E-state index contributed by atoms with van der Waals surface area (Å²) < 4.78 is 10.9. The predicted octanol–water partition coefficient (Wildman–Crippen LogP) is 1.78. The third-order valence-electron chi connectivity index (χ3n) is 3.96. The van der Waals surface area contributed by atoms with E-state index in [1.807, 2.05) is 17.2 Å². The van der Waals surface area contributed by atoms with E-state index < -0.39 is 0 Å². The first-order valence-corrected chi connectivity index (χ1v) is 8.01. The maximum absolute atomic E-state index is 12.7. The van der Waals surface area contributed by atoms with Crippen molar-refractivity contribution in [2.75, 3.05) is 33.0 Å². The molecule has 2 aliphatic rings. The Labute approximate surface area is 122 Å². The average Bonchev–Trinajstić information content (AvgIpc) is 2.94. The van der Waals surface area contributed by atoms with Crippen LogP contribution < -0.4 is 0 Å². The second kappa shape index (κ2) is 6.20. The zero-order valence-electron chi connectivity index (χ0n) is 11.7. The van der Waals surface area contributed by atoms with E-state index in [-0.39, 0.29) is 17.9 Å². The highest BCUT2D eigenvalue weighted by molar-refractivity contribution is 7.09. The minimum Gasteiger partial charge on any atom is -0.381 e. The Hall–Kier alpha value is -0.980. The van der Waals surface area contributed by atoms with Gasteiger partial charge in [0.15, 0.2) is 0 Å². The molecule has 5 nitrogen and oxygen atoms in total. The van der Waals surface area contributed by atoms with Gasteiger partial charge < -0.3 is 14.4 Å². The number of hydrogen-bond acceptors (Lipinski definition) is 5. The van der Waals surface area contributed by atoms with Gasteiger partial charge in [-0.3, -0.25) is 4.79 Å². The second-order valence-corrected chi connectivity index (χ2v) is 6.36. The number of nitrogens with zero attached hydrogens (tertiary/aromatic N) is 2. The van der Waals surface area contributed by atoms with E-state index in [0.29, 0.717) is 33.0 Å². The van der Waals surface area contributed by atoms with Gasteiger partial charge in [0.1, 0.15) is 0 Å². The summed E-state index contributed by atoms with van der Waals surface area (Å²) in [7, 11) is 0. The predicted molar refractivity (Wildman–Crippen MR) is 75.7 cm³/mol. The van der Waals surface area contributed by atoms with Gasteiger partial charge in [0.25, 0.3) is 0 Å². The highest BCUT2D eigenvalue weighted by Gasteiger charge is 2.34. The van der Waals surface area contributed by atoms with Crippen LogP contribution in [0.25, 0.3) is 0 Å². The molecule has 0 N–H and O–H groups in total. The number of amides is 1. The molecule has 2 fully saturated rings. The van der Waals surface area contributed by atoms with Crippen molar-refractivity contribution in [3.63, 3.8) is 0 Å². The number of carbonyl (C=O) groups is 1. The van der Waals surface area contributed by atoms with Crippen molar-refractivity contribution in [1.82, 2.24) is 9.88 Å². The smallest absolute Gasteiger partial charge is 0.226 e. The van der Waals surface area contributed by atoms with Gasteiger partial charge in [0.2, 0.25) is 5.91 Å². The van der Waals surface area contributed by atoms with Gasteiger partial charge in [-0.05, 0) is 19.8 Å². The molecule has 1 atom stereocenters. The van der Waals surface area contributed by atoms with Gasteiger partial charge >= 0.3 is 0 Å². The molecular formula is C14H20N2O3S. The van der Waals surface area contributed by atoms with Crippen molar-refractivity contribution < 1.29 is 14.3 Å². The van der Waals surface area contributed by atoms with Gasteiger partial charge in [-0.1, -0.05) is 0 Å². The normalized spacial score (nSPS) is 24.9. The maximum Gasteiger partial charge on any atom is 0.226 e. The number of morpholine rings is 1. The lowest BCUT2D eigenvalue weighted by Crippen LogP contribution is -2.47. The summed E-state index contributed by atoms with van der Waals surface area (Å²) >= 11 is 1.62. The lowest BCUT2D eigenvalue weighted by molar-refractivity contribution is -0.147. The number of thiazole rings is 1. The van der Waals surface area contributed by atoms with E-state index in [0.717, 1.165) is 23.5 Å². The fourth-order valence-electron chi connectivity index (χ4n) is 2.82. The van der Waals surface area contributed by atoms with Gasteiger partial charge in [-0.15, -0.1) is 11.3 Å². The molecule has 2 saturated heterocycles. The standard InChI is InChI=1S/C14H20N2O3S/c1-10-15-12(9-20-10)13-8-19-7-4-16(13)14(17)11-2-5-18-6-3-11/h9,11,13H,2-8H2,1H3. The van der Waals surface area contributed by atoms with Crippen molar-refractivity contribution in [2.45, 2.75) is 25.8 Å². The molecule has 0 radical (unpaired) electrons. The Morgan fingerprint density at radius 2 is 2.15 bits per heavy atom. The first-order valence-electron chi connectivity index (χ1n) is 7.13. The average molecular weight is 296 g/mol. The first kappa shape index (κ1) is 14.0. The largest absolute Gasteiger partial charge is 0.381 e. The van der Waals surface area contributed by atoms with Crippen LogP contribution in [-0.2, 0) is 14.3 Å². The highest BCUT2D eigenvalue weighted by Crippen LogP contribution is 2.29. The van der Waals surface area contributed by atoms with Crippen molar-refractivity contribution in [1.29, 1.82) is 0 Å². The molecule has 0 aromatic carbocycles. The number of rotatable bonds is 2. The fraction of sp³-hybridized carbons (Fsp3) is 0.714. The van der Waals surface area contributed by atoms with Gasteiger partial charge in [-0.2, -0.15) is 0 Å². The summed E-state index contributed by atoms with van der Waals surface area (Å²) in [4.78, 5) is 19.2. The van der Waals surface area contributed by atoms with Crippen LogP contribution in [0.1, 0.15) is 29.6 Å². The molecule has 3 heterocycles. The summed E-state index contributed by atoms with van der Waals surface area (Å²) in [6, 6.07) is -0.0240. The second-order valence-electron chi connectivity index (χ2n) is 5.30. The zero-order valence-corrected chi connectivity index (χ0v) is 12.5. The van der Waals surface area contributed by atoms with Crippen LogP contribution in [0.5, 0.6) is 0 Å². The summed E-state index contributed by atoms with van der Waals surface area (Å²) in [5.74, 6) is 0.344. The molecule has 1 aromatic heterocycles. The maximum atomic E-state index is 12.7. The Kier molecular flexibility index (Phi) is 4.33. The van der Waals surface area contributed by atoms with Crippen LogP contribution in [0, 0.1) is 12.8 Å². The number of carbonyl (C=O) groups excluding carboxylic acids is 1. The molecule has 0 aliphatic carbocycles.